The van der Waals surface area contributed by atoms with Crippen LogP contribution in [0.1, 0.15) is 24.2 Å². The van der Waals surface area contributed by atoms with E-state index in [2.05, 4.69) is 23.7 Å². The standard InChI is InChI=1S/C22H27FN4O3S2/c1-5-26(6-2)13-14-27(22-24-19-12-9-17(23)15-20(19)31-22)21(28)16-7-10-18(11-8-16)32(29,30)25(3)4/h7-12,15H,5-6,13-14H2,1-4H3. The Balaban J connectivity index is 1.95. The zero-order chi connectivity index (χ0) is 23.5. The van der Waals surface area contributed by atoms with Crippen LogP contribution in [0.5, 0.6) is 0 Å². The Morgan fingerprint density at radius 1 is 1.03 bits per heavy atom. The number of amides is 1. The molecule has 3 rings (SSSR count). The van der Waals surface area contributed by atoms with Gasteiger partial charge in [-0.3, -0.25) is 9.69 Å². The molecule has 7 nitrogen and oxygen atoms in total. The summed E-state index contributed by atoms with van der Waals surface area (Å²) in [7, 11) is -0.670. The number of carbonyl (C=O) groups excluding carboxylic acids is 1. The van der Waals surface area contributed by atoms with E-state index < -0.39 is 10.0 Å². The molecule has 1 aromatic heterocycles. The first-order valence-electron chi connectivity index (χ1n) is 10.3. The van der Waals surface area contributed by atoms with Crippen LogP contribution in [0.2, 0.25) is 0 Å². The van der Waals surface area contributed by atoms with Gasteiger partial charge >= 0.3 is 0 Å². The molecule has 10 heteroatoms. The lowest BCUT2D eigenvalue weighted by Gasteiger charge is -2.24. The fraction of sp³-hybridized carbons (Fsp3) is 0.364. The Bertz CT molecular complexity index is 1190. The molecule has 32 heavy (non-hydrogen) atoms. The van der Waals surface area contributed by atoms with Gasteiger partial charge in [-0.25, -0.2) is 22.1 Å². The van der Waals surface area contributed by atoms with Crippen molar-refractivity contribution in [1.82, 2.24) is 14.2 Å². The third kappa shape index (κ3) is 5.15. The maximum Gasteiger partial charge on any atom is 0.260 e. The van der Waals surface area contributed by atoms with Crippen molar-refractivity contribution in [1.29, 1.82) is 0 Å². The van der Waals surface area contributed by atoms with Crippen LogP contribution in [-0.4, -0.2) is 68.8 Å². The van der Waals surface area contributed by atoms with Crippen molar-refractivity contribution in [2.75, 3.05) is 45.2 Å². The van der Waals surface area contributed by atoms with Crippen LogP contribution < -0.4 is 4.90 Å². The van der Waals surface area contributed by atoms with Gasteiger partial charge in [-0.1, -0.05) is 25.2 Å². The SMILES string of the molecule is CCN(CC)CCN(C(=O)c1ccc(S(=O)(=O)N(C)C)cc1)c1nc2ccc(F)cc2s1. The summed E-state index contributed by atoms with van der Waals surface area (Å²) in [4.78, 5) is 21.8. The first kappa shape index (κ1) is 24.2. The second-order valence-electron chi connectivity index (χ2n) is 7.40. The number of thiazole rings is 1. The molecule has 0 bridgehead atoms. The van der Waals surface area contributed by atoms with Crippen LogP contribution in [0.3, 0.4) is 0 Å². The summed E-state index contributed by atoms with van der Waals surface area (Å²) >= 11 is 1.25. The van der Waals surface area contributed by atoms with Gasteiger partial charge in [-0.2, -0.15) is 0 Å². The van der Waals surface area contributed by atoms with E-state index in [1.165, 1.54) is 61.8 Å². The molecular weight excluding hydrogens is 451 g/mol. The Kier molecular flexibility index (Phi) is 7.60. The van der Waals surface area contributed by atoms with Gasteiger partial charge in [0.15, 0.2) is 5.13 Å². The minimum Gasteiger partial charge on any atom is -0.302 e. The fourth-order valence-corrected chi connectivity index (χ4v) is 5.12. The molecule has 172 valence electrons. The first-order chi connectivity index (χ1) is 15.2. The van der Waals surface area contributed by atoms with Crippen LogP contribution in [0.15, 0.2) is 47.4 Å². The topological polar surface area (TPSA) is 73.8 Å². The number of hydrogen-bond donors (Lipinski definition) is 0. The maximum atomic E-state index is 13.6. The van der Waals surface area contributed by atoms with Crippen molar-refractivity contribution < 1.29 is 17.6 Å². The zero-order valence-corrected chi connectivity index (χ0v) is 20.2. The van der Waals surface area contributed by atoms with Gasteiger partial charge in [0, 0.05) is 32.7 Å². The largest absolute Gasteiger partial charge is 0.302 e. The number of anilines is 1. The molecule has 0 spiro atoms. The number of nitrogens with zero attached hydrogens (tertiary/aromatic N) is 4. The first-order valence-corrected chi connectivity index (χ1v) is 12.6. The van der Waals surface area contributed by atoms with Crippen LogP contribution >= 0.6 is 11.3 Å². The van der Waals surface area contributed by atoms with E-state index in [0.717, 1.165) is 17.4 Å². The summed E-state index contributed by atoms with van der Waals surface area (Å²) in [6.45, 7) is 6.86. The molecule has 0 aliphatic carbocycles. The maximum absolute atomic E-state index is 13.6. The molecule has 0 unspecified atom stereocenters. The van der Waals surface area contributed by atoms with Gasteiger partial charge < -0.3 is 4.90 Å². The highest BCUT2D eigenvalue weighted by atomic mass is 32.2. The minimum absolute atomic E-state index is 0.115. The molecule has 0 fully saturated rings. The molecule has 3 aromatic rings. The number of hydrogen-bond acceptors (Lipinski definition) is 6. The monoisotopic (exact) mass is 478 g/mol. The predicted molar refractivity (Wildman–Crippen MR) is 126 cm³/mol. The molecule has 1 heterocycles. The Morgan fingerprint density at radius 3 is 2.28 bits per heavy atom. The highest BCUT2D eigenvalue weighted by Gasteiger charge is 2.23. The molecule has 0 aliphatic heterocycles. The Labute approximate surface area is 192 Å². The normalized spacial score (nSPS) is 12.1. The second-order valence-corrected chi connectivity index (χ2v) is 10.6. The summed E-state index contributed by atoms with van der Waals surface area (Å²) in [5, 5.41) is 0.479. The lowest BCUT2D eigenvalue weighted by atomic mass is 10.2. The third-order valence-corrected chi connectivity index (χ3v) is 8.10. The van der Waals surface area contributed by atoms with Crippen molar-refractivity contribution in [3.05, 3.63) is 53.8 Å². The number of rotatable bonds is 9. The number of benzene rings is 2. The summed E-state index contributed by atoms with van der Waals surface area (Å²) < 4.78 is 40.1. The molecule has 0 saturated heterocycles. The number of fused-ring (bicyclic) bond motifs is 1. The molecule has 0 radical (unpaired) electrons. The van der Waals surface area contributed by atoms with E-state index in [4.69, 9.17) is 0 Å². The van der Waals surface area contributed by atoms with Gasteiger partial charge in [0.25, 0.3) is 5.91 Å². The highest BCUT2D eigenvalue weighted by molar-refractivity contribution is 7.89. The van der Waals surface area contributed by atoms with Crippen LogP contribution in [-0.2, 0) is 10.0 Å². The van der Waals surface area contributed by atoms with E-state index in [9.17, 15) is 17.6 Å². The number of carbonyl (C=O) groups is 1. The van der Waals surface area contributed by atoms with Crippen LogP contribution in [0.4, 0.5) is 9.52 Å². The Hall–Kier alpha value is -2.40. The lowest BCUT2D eigenvalue weighted by molar-refractivity contribution is 0.0983. The average molecular weight is 479 g/mol. The zero-order valence-electron chi connectivity index (χ0n) is 18.6. The van der Waals surface area contributed by atoms with Crippen LogP contribution in [0.25, 0.3) is 10.2 Å². The molecule has 1 amide bonds. The number of likely N-dealkylation sites (N-methyl/N-ethyl adjacent to an activating group) is 1. The molecule has 2 aromatic carbocycles. The fourth-order valence-electron chi connectivity index (χ4n) is 3.20. The van der Waals surface area contributed by atoms with E-state index in [-0.39, 0.29) is 16.6 Å². The van der Waals surface area contributed by atoms with E-state index in [1.807, 2.05) is 0 Å². The van der Waals surface area contributed by atoms with E-state index >= 15 is 0 Å². The molecule has 0 N–H and O–H groups in total. The van der Waals surface area contributed by atoms with Crippen molar-refractivity contribution in [3.8, 4) is 0 Å². The minimum atomic E-state index is -3.59. The highest BCUT2D eigenvalue weighted by Crippen LogP contribution is 2.30. The Morgan fingerprint density at radius 2 is 1.69 bits per heavy atom. The van der Waals surface area contributed by atoms with Crippen molar-refractivity contribution >= 4 is 42.6 Å². The lowest BCUT2D eigenvalue weighted by Crippen LogP contribution is -2.38. The van der Waals surface area contributed by atoms with Gasteiger partial charge in [-0.05, 0) is 55.6 Å². The van der Waals surface area contributed by atoms with E-state index in [1.54, 1.807) is 11.0 Å². The third-order valence-electron chi connectivity index (χ3n) is 5.23. The van der Waals surface area contributed by atoms with Gasteiger partial charge in [-0.15, -0.1) is 0 Å². The van der Waals surface area contributed by atoms with Crippen molar-refractivity contribution in [2.24, 2.45) is 0 Å². The quantitative estimate of drug-likeness (QED) is 0.469. The van der Waals surface area contributed by atoms with Gasteiger partial charge in [0.2, 0.25) is 10.0 Å². The summed E-state index contributed by atoms with van der Waals surface area (Å²) in [6, 6.07) is 10.2. The number of aromatic nitrogens is 1. The van der Waals surface area contributed by atoms with E-state index in [0.29, 0.717) is 34.0 Å². The predicted octanol–water partition coefficient (Wildman–Crippen LogP) is 3.67. The van der Waals surface area contributed by atoms with Gasteiger partial charge in [0.1, 0.15) is 5.82 Å². The summed E-state index contributed by atoms with van der Waals surface area (Å²) in [6.07, 6.45) is 0. The summed E-state index contributed by atoms with van der Waals surface area (Å²) in [5.41, 5.74) is 0.979. The van der Waals surface area contributed by atoms with Crippen LogP contribution in [0, 0.1) is 5.82 Å². The molecule has 0 atom stereocenters. The number of halogens is 1. The van der Waals surface area contributed by atoms with Crippen molar-refractivity contribution in [3.63, 3.8) is 0 Å². The molecule has 0 saturated carbocycles. The smallest absolute Gasteiger partial charge is 0.260 e. The molecule has 0 aliphatic rings. The average Bonchev–Trinajstić information content (AvgIpc) is 3.19. The molecular formula is C22H27FN4O3S2. The van der Waals surface area contributed by atoms with Crippen molar-refractivity contribution in [2.45, 2.75) is 18.7 Å². The second kappa shape index (κ2) is 10.0. The van der Waals surface area contributed by atoms with Gasteiger partial charge in [0.05, 0.1) is 15.1 Å². The number of sulfonamides is 1. The summed E-state index contributed by atoms with van der Waals surface area (Å²) in [5.74, 6) is -0.642.